The number of ether oxygens (including phenoxy) is 2. The van der Waals surface area contributed by atoms with E-state index in [0.717, 1.165) is 0 Å². The number of nitrogens with one attached hydrogen (secondary N) is 3. The summed E-state index contributed by atoms with van der Waals surface area (Å²) in [5.74, 6) is -0.455. The maximum atomic E-state index is 12.5. The van der Waals surface area contributed by atoms with Crippen LogP contribution in [0.2, 0.25) is 0 Å². The zero-order valence-corrected chi connectivity index (χ0v) is 19.0. The zero-order chi connectivity index (χ0) is 22.3. The number of carbonyl (C=O) groups is 2. The highest BCUT2D eigenvalue weighted by Crippen LogP contribution is 2.29. The van der Waals surface area contributed by atoms with E-state index in [2.05, 4.69) is 16.0 Å². The standard InChI is InChI=1S/C19H18Cl3N3O4S/c1-28-12-9-7-11(8-10-12)15(26)24-17(19(20,21)22)25-18(30)23-14-6-4-3-5-13(14)16(27)29-2/h3-10,17H,1-2H3,(H,24,26)(H2,23,25,30)/t17-/m0/s1. The van der Waals surface area contributed by atoms with Crippen LogP contribution in [-0.2, 0) is 4.74 Å². The molecule has 1 amide bonds. The molecule has 2 aromatic rings. The summed E-state index contributed by atoms with van der Waals surface area (Å²) >= 11 is 23.3. The van der Waals surface area contributed by atoms with Crippen LogP contribution in [0.15, 0.2) is 48.5 Å². The molecular formula is C19H18Cl3N3O4S. The number of para-hydroxylation sites is 1. The molecule has 2 rings (SSSR count). The first-order valence-corrected chi connectivity index (χ1v) is 9.96. The Hall–Kier alpha value is -2.26. The highest BCUT2D eigenvalue weighted by atomic mass is 35.6. The fourth-order valence-electron chi connectivity index (χ4n) is 2.33. The van der Waals surface area contributed by atoms with Crippen molar-refractivity contribution in [3.63, 3.8) is 0 Å². The molecule has 0 saturated carbocycles. The van der Waals surface area contributed by atoms with E-state index in [-0.39, 0.29) is 10.7 Å². The lowest BCUT2D eigenvalue weighted by atomic mass is 10.2. The topological polar surface area (TPSA) is 88.7 Å². The summed E-state index contributed by atoms with van der Waals surface area (Å²) in [7, 11) is 2.79. The van der Waals surface area contributed by atoms with Gasteiger partial charge < -0.3 is 25.4 Å². The van der Waals surface area contributed by atoms with Crippen LogP contribution in [0.1, 0.15) is 20.7 Å². The van der Waals surface area contributed by atoms with E-state index < -0.39 is 21.8 Å². The van der Waals surface area contributed by atoms with Crippen molar-refractivity contribution in [2.75, 3.05) is 19.5 Å². The smallest absolute Gasteiger partial charge is 0.339 e. The number of anilines is 1. The minimum Gasteiger partial charge on any atom is -0.497 e. The van der Waals surface area contributed by atoms with E-state index in [4.69, 9.17) is 56.5 Å². The number of amides is 1. The first-order chi connectivity index (χ1) is 14.2. The van der Waals surface area contributed by atoms with Crippen molar-refractivity contribution in [1.29, 1.82) is 0 Å². The van der Waals surface area contributed by atoms with Crippen LogP contribution in [0.3, 0.4) is 0 Å². The maximum Gasteiger partial charge on any atom is 0.339 e. The Morgan fingerprint density at radius 2 is 1.63 bits per heavy atom. The fraction of sp³-hybridized carbons (Fsp3) is 0.211. The van der Waals surface area contributed by atoms with Crippen molar-refractivity contribution in [1.82, 2.24) is 10.6 Å². The molecule has 3 N–H and O–H groups in total. The second-order valence-corrected chi connectivity index (χ2v) is 8.59. The molecule has 0 aliphatic rings. The molecule has 0 bridgehead atoms. The third-order valence-corrected chi connectivity index (χ3v) is 4.69. The molecule has 0 aliphatic carbocycles. The van der Waals surface area contributed by atoms with E-state index in [9.17, 15) is 9.59 Å². The van der Waals surface area contributed by atoms with Gasteiger partial charge in [-0.1, -0.05) is 46.9 Å². The SMILES string of the molecule is COC(=O)c1ccccc1NC(=S)N[C@H](NC(=O)c1ccc(OC)cc1)C(Cl)(Cl)Cl. The second-order valence-electron chi connectivity index (χ2n) is 5.81. The molecule has 2 aromatic carbocycles. The highest BCUT2D eigenvalue weighted by molar-refractivity contribution is 7.80. The quantitative estimate of drug-likeness (QED) is 0.245. The largest absolute Gasteiger partial charge is 0.497 e. The predicted octanol–water partition coefficient (Wildman–Crippen LogP) is 3.89. The summed E-state index contributed by atoms with van der Waals surface area (Å²) in [4.78, 5) is 24.4. The Bertz CT molecular complexity index is 920. The zero-order valence-electron chi connectivity index (χ0n) is 15.9. The normalized spacial score (nSPS) is 11.8. The van der Waals surface area contributed by atoms with Crippen molar-refractivity contribution >= 4 is 69.7 Å². The minimum atomic E-state index is -1.93. The Kier molecular flexibility index (Phi) is 8.54. The molecule has 11 heteroatoms. The lowest BCUT2D eigenvalue weighted by molar-refractivity contribution is 0.0601. The van der Waals surface area contributed by atoms with Gasteiger partial charge >= 0.3 is 5.97 Å². The summed E-state index contributed by atoms with van der Waals surface area (Å²) in [5.41, 5.74) is 0.968. The minimum absolute atomic E-state index is 0.0118. The monoisotopic (exact) mass is 489 g/mol. The van der Waals surface area contributed by atoms with Crippen LogP contribution >= 0.6 is 47.0 Å². The molecule has 1 atom stereocenters. The van der Waals surface area contributed by atoms with Gasteiger partial charge in [0, 0.05) is 5.56 Å². The fourth-order valence-corrected chi connectivity index (χ4v) is 2.88. The van der Waals surface area contributed by atoms with Gasteiger partial charge in [0.2, 0.25) is 3.79 Å². The number of carbonyl (C=O) groups excluding carboxylic acids is 2. The van der Waals surface area contributed by atoms with Crippen LogP contribution in [0.4, 0.5) is 5.69 Å². The van der Waals surface area contributed by atoms with E-state index in [1.807, 2.05) is 0 Å². The number of methoxy groups -OCH3 is 2. The summed E-state index contributed by atoms with van der Waals surface area (Å²) in [6.45, 7) is 0. The molecule has 0 aliphatic heterocycles. The molecule has 7 nitrogen and oxygen atoms in total. The number of alkyl halides is 3. The third kappa shape index (κ3) is 6.63. The van der Waals surface area contributed by atoms with Crippen molar-refractivity contribution in [3.05, 3.63) is 59.7 Å². The van der Waals surface area contributed by atoms with Gasteiger partial charge in [0.05, 0.1) is 25.5 Å². The molecule has 0 saturated heterocycles. The molecule has 0 aromatic heterocycles. The van der Waals surface area contributed by atoms with Crippen molar-refractivity contribution in [2.45, 2.75) is 9.96 Å². The second kappa shape index (κ2) is 10.7. The van der Waals surface area contributed by atoms with E-state index in [1.165, 1.54) is 14.2 Å². The summed E-state index contributed by atoms with van der Waals surface area (Å²) in [5, 5.41) is 8.14. The maximum absolute atomic E-state index is 12.5. The van der Waals surface area contributed by atoms with Crippen LogP contribution in [-0.4, -0.2) is 41.2 Å². The van der Waals surface area contributed by atoms with Crippen molar-refractivity contribution in [2.24, 2.45) is 0 Å². The molecule has 0 heterocycles. The summed E-state index contributed by atoms with van der Waals surface area (Å²) < 4.78 is 7.87. The van der Waals surface area contributed by atoms with Gasteiger partial charge in [-0.05, 0) is 48.6 Å². The van der Waals surface area contributed by atoms with Gasteiger partial charge in [-0.25, -0.2) is 4.79 Å². The van der Waals surface area contributed by atoms with E-state index >= 15 is 0 Å². The van der Waals surface area contributed by atoms with Crippen LogP contribution < -0.4 is 20.7 Å². The Balaban J connectivity index is 2.12. The van der Waals surface area contributed by atoms with E-state index in [1.54, 1.807) is 48.5 Å². The summed E-state index contributed by atoms with van der Waals surface area (Å²) in [6, 6.07) is 12.9. The number of hydrogen-bond acceptors (Lipinski definition) is 5. The molecular weight excluding hydrogens is 473 g/mol. The first-order valence-electron chi connectivity index (χ1n) is 8.42. The highest BCUT2D eigenvalue weighted by Gasteiger charge is 2.35. The molecule has 0 radical (unpaired) electrons. The number of thiocarbonyl (C=S) groups is 1. The van der Waals surface area contributed by atoms with Gasteiger partial charge in [-0.2, -0.15) is 0 Å². The van der Waals surface area contributed by atoms with Gasteiger partial charge in [-0.15, -0.1) is 0 Å². The first kappa shape index (κ1) is 24.0. The molecule has 0 fully saturated rings. The van der Waals surface area contributed by atoms with Crippen LogP contribution in [0, 0.1) is 0 Å². The van der Waals surface area contributed by atoms with Crippen LogP contribution in [0.5, 0.6) is 5.75 Å². The van der Waals surface area contributed by atoms with Crippen molar-refractivity contribution < 1.29 is 19.1 Å². The molecule has 0 unspecified atom stereocenters. The Morgan fingerprint density at radius 3 is 2.20 bits per heavy atom. The number of hydrogen-bond donors (Lipinski definition) is 3. The molecule has 0 spiro atoms. The van der Waals surface area contributed by atoms with Gasteiger partial charge in [0.25, 0.3) is 5.91 Å². The van der Waals surface area contributed by atoms with Gasteiger partial charge in [-0.3, -0.25) is 4.79 Å². The average Bonchev–Trinajstić information content (AvgIpc) is 2.72. The van der Waals surface area contributed by atoms with E-state index in [0.29, 0.717) is 17.0 Å². The lowest BCUT2D eigenvalue weighted by Gasteiger charge is -2.28. The number of esters is 1. The molecule has 30 heavy (non-hydrogen) atoms. The summed E-state index contributed by atoms with van der Waals surface area (Å²) in [6.07, 6.45) is -1.18. The predicted molar refractivity (Wildman–Crippen MR) is 122 cm³/mol. The Labute approximate surface area is 194 Å². The van der Waals surface area contributed by atoms with Crippen molar-refractivity contribution in [3.8, 4) is 5.75 Å². The third-order valence-electron chi connectivity index (χ3n) is 3.81. The number of halogens is 3. The number of benzene rings is 2. The molecule has 160 valence electrons. The van der Waals surface area contributed by atoms with Crippen LogP contribution in [0.25, 0.3) is 0 Å². The average molecular weight is 491 g/mol. The Morgan fingerprint density at radius 1 is 1.00 bits per heavy atom. The van der Waals surface area contributed by atoms with Gasteiger partial charge in [0.15, 0.2) is 5.11 Å². The number of rotatable bonds is 6. The van der Waals surface area contributed by atoms with Gasteiger partial charge in [0.1, 0.15) is 11.9 Å². The lowest BCUT2D eigenvalue weighted by Crippen LogP contribution is -2.56.